The summed E-state index contributed by atoms with van der Waals surface area (Å²) >= 11 is 0. The summed E-state index contributed by atoms with van der Waals surface area (Å²) in [4.78, 5) is 42.5. The lowest BCUT2D eigenvalue weighted by atomic mass is 9.83. The molecule has 1 aliphatic carbocycles. The first-order valence-electron chi connectivity index (χ1n) is 18.2. The highest BCUT2D eigenvalue weighted by molar-refractivity contribution is 6.07. The summed E-state index contributed by atoms with van der Waals surface area (Å²) in [5, 5.41) is 19.0. The van der Waals surface area contributed by atoms with Crippen molar-refractivity contribution < 1.29 is 23.8 Å². The zero-order valence-corrected chi connectivity index (χ0v) is 29.5. The molecule has 3 aromatic heterocycles. The third-order valence-electron chi connectivity index (χ3n) is 10.7. The molecule has 0 spiro atoms. The third kappa shape index (κ3) is 8.81. The number of halogens is 1. The first-order valence-corrected chi connectivity index (χ1v) is 18.2. The summed E-state index contributed by atoms with van der Waals surface area (Å²) < 4.78 is 21.9. The maximum atomic E-state index is 14.5. The molecule has 0 radical (unpaired) electrons. The first kappa shape index (κ1) is 35.8. The Hall–Kier alpha value is -4.04. The van der Waals surface area contributed by atoms with Gasteiger partial charge in [0.15, 0.2) is 0 Å². The maximum Gasteiger partial charge on any atom is 0.404 e. The predicted octanol–water partition coefficient (Wildman–Crippen LogP) is 5.51. The zero-order chi connectivity index (χ0) is 35.2. The van der Waals surface area contributed by atoms with Gasteiger partial charge in [0.2, 0.25) is 5.95 Å². The molecular weight excluding hydrogens is 641 g/mol. The van der Waals surface area contributed by atoms with Crippen molar-refractivity contribution in [1.82, 2.24) is 35.1 Å². The van der Waals surface area contributed by atoms with E-state index >= 15 is 0 Å². The number of carbonyl (C=O) groups excluding carboxylic acids is 1. The highest BCUT2D eigenvalue weighted by Crippen LogP contribution is 2.30. The Kier molecular flexibility index (Phi) is 11.7. The number of ether oxygens (including phenoxy) is 1. The monoisotopic (exact) mass is 693 g/mol. The molecule has 0 unspecified atom stereocenters. The van der Waals surface area contributed by atoms with Crippen molar-refractivity contribution in [3.63, 3.8) is 0 Å². The van der Waals surface area contributed by atoms with Gasteiger partial charge < -0.3 is 40.2 Å². The molecule has 5 heterocycles. The number of nitrogens with one attached hydrogen (secondary N) is 3. The Labute approximate surface area is 293 Å². The average Bonchev–Trinajstić information content (AvgIpc) is 3.49. The van der Waals surface area contributed by atoms with Gasteiger partial charge in [-0.15, -0.1) is 0 Å². The lowest BCUT2D eigenvalue weighted by Crippen LogP contribution is -2.46. The highest BCUT2D eigenvalue weighted by atomic mass is 19.1. The van der Waals surface area contributed by atoms with Gasteiger partial charge in [-0.1, -0.05) is 0 Å². The van der Waals surface area contributed by atoms with Crippen LogP contribution in [-0.2, 0) is 4.74 Å². The van der Waals surface area contributed by atoms with Crippen molar-refractivity contribution in [2.24, 2.45) is 5.92 Å². The molecule has 1 saturated carbocycles. The van der Waals surface area contributed by atoms with Crippen molar-refractivity contribution in [2.75, 3.05) is 50.1 Å². The number of piperidine rings is 2. The Morgan fingerprint density at radius 1 is 1.02 bits per heavy atom. The molecule has 3 aromatic rings. The molecule has 2 saturated heterocycles. The smallest absolute Gasteiger partial charge is 0.404 e. The molecule has 2 amide bonds. The topological polar surface area (TPSA) is 150 Å². The quantitative estimate of drug-likeness (QED) is 0.191. The number of carbonyl (C=O) groups is 2. The molecule has 50 heavy (non-hydrogen) atoms. The van der Waals surface area contributed by atoms with Crippen LogP contribution in [0.4, 0.5) is 26.8 Å². The standard InChI is InChI=1S/C36H52FN9O4/c1-23(2)46-21-28(34(47)40-26-11-16-44(17-12-26)15-4-5-24-6-8-25(9-7-24)41-36(48)49)27-20-39-33(19-30(27)46)42-32-10-14-38-35(43-32)45-18-13-31(50-3)29(37)22-45/h10,14,19-21,23-26,29,31,41H,4-9,11-13,15-18,22H2,1-3H3,(H,40,47)(H,48,49)(H,38,39,42,43)/t24-,25-,29-,31+/m1/s1. The van der Waals surface area contributed by atoms with Crippen molar-refractivity contribution >= 4 is 40.5 Å². The SMILES string of the molecule is CO[C@H]1CCN(c2nccc(Nc3cc4c(cn3)c(C(=O)NC3CCN(CCC[C@H]5CC[C@H](NC(=O)O)CC5)CC3)cn4C(C)C)n2)C[C@H]1F. The zero-order valence-electron chi connectivity index (χ0n) is 29.5. The molecule has 3 aliphatic rings. The van der Waals surface area contributed by atoms with Crippen LogP contribution in [0.25, 0.3) is 10.9 Å². The second kappa shape index (κ2) is 16.3. The van der Waals surface area contributed by atoms with Crippen molar-refractivity contribution in [2.45, 2.75) is 102 Å². The second-order valence-electron chi connectivity index (χ2n) is 14.4. The summed E-state index contributed by atoms with van der Waals surface area (Å²) in [6.07, 6.45) is 11.7. The van der Waals surface area contributed by atoms with Gasteiger partial charge in [-0.25, -0.2) is 19.2 Å². The number of nitrogens with zero attached hydrogens (tertiary/aromatic N) is 6. The molecule has 14 heteroatoms. The summed E-state index contributed by atoms with van der Waals surface area (Å²) in [6, 6.07) is 4.06. The van der Waals surface area contributed by atoms with Gasteiger partial charge in [0.1, 0.15) is 17.8 Å². The van der Waals surface area contributed by atoms with E-state index in [1.165, 1.54) is 13.5 Å². The first-order chi connectivity index (χ1) is 24.2. The summed E-state index contributed by atoms with van der Waals surface area (Å²) in [7, 11) is 1.54. The van der Waals surface area contributed by atoms with E-state index in [1.807, 2.05) is 17.2 Å². The maximum absolute atomic E-state index is 14.5. The fourth-order valence-electron chi connectivity index (χ4n) is 7.79. The summed E-state index contributed by atoms with van der Waals surface area (Å²) in [5.74, 6) is 2.21. The third-order valence-corrected chi connectivity index (χ3v) is 10.7. The van der Waals surface area contributed by atoms with Crippen LogP contribution >= 0.6 is 0 Å². The Bertz CT molecular complexity index is 1600. The number of anilines is 3. The molecule has 4 N–H and O–H groups in total. The van der Waals surface area contributed by atoms with Gasteiger partial charge in [0.25, 0.3) is 5.91 Å². The summed E-state index contributed by atoms with van der Waals surface area (Å²) in [6.45, 7) is 7.97. The number of likely N-dealkylation sites (tertiary alicyclic amines) is 1. The number of rotatable bonds is 12. The number of alkyl halides is 1. The predicted molar refractivity (Wildman–Crippen MR) is 191 cm³/mol. The van der Waals surface area contributed by atoms with Crippen molar-refractivity contribution in [1.29, 1.82) is 0 Å². The van der Waals surface area contributed by atoms with Gasteiger partial charge in [-0.3, -0.25) is 4.79 Å². The van der Waals surface area contributed by atoms with Crippen LogP contribution in [0.15, 0.2) is 30.7 Å². The van der Waals surface area contributed by atoms with Crippen LogP contribution in [0, 0.1) is 5.92 Å². The normalized spacial score (nSPS) is 23.7. The average molecular weight is 694 g/mol. The van der Waals surface area contributed by atoms with Gasteiger partial charge in [-0.2, -0.15) is 4.98 Å². The van der Waals surface area contributed by atoms with E-state index in [2.05, 4.69) is 54.2 Å². The molecule has 272 valence electrons. The van der Waals surface area contributed by atoms with E-state index in [9.17, 15) is 14.0 Å². The minimum Gasteiger partial charge on any atom is -0.465 e. The number of pyridine rings is 1. The van der Waals surface area contributed by atoms with Crippen LogP contribution in [-0.4, -0.2) is 106 Å². The molecule has 2 aliphatic heterocycles. The van der Waals surface area contributed by atoms with E-state index in [0.29, 0.717) is 42.0 Å². The molecule has 2 atom stereocenters. The largest absolute Gasteiger partial charge is 0.465 e. The van der Waals surface area contributed by atoms with Crippen LogP contribution in [0.1, 0.15) is 88.0 Å². The minimum atomic E-state index is -1.11. The van der Waals surface area contributed by atoms with E-state index in [1.54, 1.807) is 18.5 Å². The molecule has 0 aromatic carbocycles. The number of fused-ring (bicyclic) bond motifs is 1. The Balaban J connectivity index is 1.01. The van der Waals surface area contributed by atoms with E-state index in [0.717, 1.165) is 75.5 Å². The van der Waals surface area contributed by atoms with Gasteiger partial charge in [0.05, 0.1) is 23.7 Å². The fourth-order valence-corrected chi connectivity index (χ4v) is 7.79. The highest BCUT2D eigenvalue weighted by Gasteiger charge is 2.31. The lowest BCUT2D eigenvalue weighted by molar-refractivity contribution is 0.0194. The summed E-state index contributed by atoms with van der Waals surface area (Å²) in [5.41, 5.74) is 1.52. The van der Waals surface area contributed by atoms with E-state index in [4.69, 9.17) is 9.84 Å². The molecule has 3 fully saturated rings. The van der Waals surface area contributed by atoms with Gasteiger partial charge in [-0.05, 0) is 90.2 Å². The van der Waals surface area contributed by atoms with Gasteiger partial charge in [0, 0.05) is 74.9 Å². The second-order valence-corrected chi connectivity index (χ2v) is 14.4. The van der Waals surface area contributed by atoms with Crippen LogP contribution < -0.4 is 20.9 Å². The number of aromatic nitrogens is 4. The lowest BCUT2D eigenvalue weighted by Gasteiger charge is -2.33. The van der Waals surface area contributed by atoms with Gasteiger partial charge >= 0.3 is 6.09 Å². The Morgan fingerprint density at radius 2 is 1.78 bits per heavy atom. The number of amides is 2. The van der Waals surface area contributed by atoms with E-state index < -0.39 is 18.4 Å². The van der Waals surface area contributed by atoms with Crippen molar-refractivity contribution in [3.8, 4) is 0 Å². The molecule has 6 rings (SSSR count). The Morgan fingerprint density at radius 3 is 2.48 bits per heavy atom. The molecule has 13 nitrogen and oxygen atoms in total. The number of hydrogen-bond donors (Lipinski definition) is 4. The van der Waals surface area contributed by atoms with Crippen molar-refractivity contribution in [3.05, 3.63) is 36.3 Å². The number of carboxylic acid groups (broad SMARTS) is 1. The van der Waals surface area contributed by atoms with Crippen LogP contribution in [0.5, 0.6) is 0 Å². The van der Waals surface area contributed by atoms with Crippen LogP contribution in [0.3, 0.4) is 0 Å². The number of methoxy groups -OCH3 is 1. The molecular formula is C36H52FN9O4. The van der Waals surface area contributed by atoms with E-state index in [-0.39, 0.29) is 30.6 Å². The van der Waals surface area contributed by atoms with Crippen LogP contribution in [0.2, 0.25) is 0 Å². The molecule has 0 bridgehead atoms. The minimum absolute atomic E-state index is 0.0767. The fraction of sp³-hybridized carbons (Fsp3) is 0.639. The number of hydrogen-bond acceptors (Lipinski definition) is 9.